The maximum absolute atomic E-state index is 13.0. The highest BCUT2D eigenvalue weighted by atomic mass is 16.3. The number of hydrogen-bond donors (Lipinski definition) is 3. The number of furan rings is 1. The lowest BCUT2D eigenvalue weighted by Crippen LogP contribution is -2.45. The zero-order valence-electron chi connectivity index (χ0n) is 15.6. The van der Waals surface area contributed by atoms with Crippen molar-refractivity contribution >= 4 is 17.6 Å². The largest absolute Gasteiger partial charge is 0.468 e. The van der Waals surface area contributed by atoms with Crippen molar-refractivity contribution in [3.63, 3.8) is 0 Å². The first-order valence-electron chi connectivity index (χ1n) is 9.18. The fraction of sp³-hybridized carbons (Fsp3) is 0.500. The number of hydrogen-bond acceptors (Lipinski definition) is 6. The predicted molar refractivity (Wildman–Crippen MR) is 99.7 cm³/mol. The average molecular weight is 374 g/mol. The van der Waals surface area contributed by atoms with Crippen LogP contribution in [0.1, 0.15) is 36.5 Å². The molecular weight excluding hydrogens is 348 g/mol. The SMILES string of the molecule is CCN(CC)C(=O)[C@@H]1C[C@@H](NC(=O)c2cc(N)n[nH]2)CN1Cc1ccco1. The molecule has 2 aromatic heterocycles. The second-order valence-corrected chi connectivity index (χ2v) is 6.65. The molecule has 0 saturated carbocycles. The van der Waals surface area contributed by atoms with E-state index in [-0.39, 0.29) is 29.7 Å². The molecule has 0 unspecified atom stereocenters. The van der Waals surface area contributed by atoms with E-state index in [0.717, 1.165) is 5.76 Å². The first-order valence-corrected chi connectivity index (χ1v) is 9.18. The van der Waals surface area contributed by atoms with Crippen molar-refractivity contribution < 1.29 is 14.0 Å². The van der Waals surface area contributed by atoms with E-state index in [4.69, 9.17) is 10.2 Å². The first kappa shape index (κ1) is 19.0. The highest BCUT2D eigenvalue weighted by Crippen LogP contribution is 2.23. The van der Waals surface area contributed by atoms with Crippen LogP contribution in [0.3, 0.4) is 0 Å². The third-order valence-electron chi connectivity index (χ3n) is 4.88. The number of aromatic nitrogens is 2. The molecule has 0 aromatic carbocycles. The van der Waals surface area contributed by atoms with Crippen LogP contribution in [0.2, 0.25) is 0 Å². The molecule has 2 atom stereocenters. The number of nitrogens with zero attached hydrogens (tertiary/aromatic N) is 3. The van der Waals surface area contributed by atoms with Crippen LogP contribution in [-0.4, -0.2) is 63.5 Å². The molecule has 9 nitrogen and oxygen atoms in total. The third-order valence-corrected chi connectivity index (χ3v) is 4.88. The van der Waals surface area contributed by atoms with Gasteiger partial charge in [0.05, 0.1) is 18.8 Å². The van der Waals surface area contributed by atoms with Gasteiger partial charge in [0.15, 0.2) is 0 Å². The van der Waals surface area contributed by atoms with Gasteiger partial charge in [0.1, 0.15) is 17.3 Å². The number of likely N-dealkylation sites (tertiary alicyclic amines) is 1. The minimum Gasteiger partial charge on any atom is -0.468 e. The van der Waals surface area contributed by atoms with Crippen LogP contribution in [-0.2, 0) is 11.3 Å². The van der Waals surface area contributed by atoms with Crippen molar-refractivity contribution in [3.8, 4) is 0 Å². The Labute approximate surface area is 157 Å². The van der Waals surface area contributed by atoms with Crippen molar-refractivity contribution in [2.24, 2.45) is 0 Å². The van der Waals surface area contributed by atoms with Crippen LogP contribution in [0.5, 0.6) is 0 Å². The molecule has 3 rings (SSSR count). The average Bonchev–Trinajstić information content (AvgIpc) is 3.38. The summed E-state index contributed by atoms with van der Waals surface area (Å²) in [6.07, 6.45) is 2.17. The highest BCUT2D eigenvalue weighted by molar-refractivity contribution is 5.93. The third kappa shape index (κ3) is 4.30. The van der Waals surface area contributed by atoms with Gasteiger partial charge in [-0.15, -0.1) is 0 Å². The van der Waals surface area contributed by atoms with E-state index in [1.807, 2.05) is 30.9 Å². The normalized spacial score (nSPS) is 19.9. The Morgan fingerprint density at radius 3 is 2.81 bits per heavy atom. The lowest BCUT2D eigenvalue weighted by molar-refractivity contribution is -0.135. The number of carbonyl (C=O) groups is 2. The molecule has 1 aliphatic rings. The highest BCUT2D eigenvalue weighted by Gasteiger charge is 2.39. The number of amides is 2. The van der Waals surface area contributed by atoms with Crippen LogP contribution < -0.4 is 11.1 Å². The zero-order valence-corrected chi connectivity index (χ0v) is 15.6. The van der Waals surface area contributed by atoms with Crippen LogP contribution in [0.25, 0.3) is 0 Å². The lowest BCUT2D eigenvalue weighted by atomic mass is 10.1. The fourth-order valence-electron chi connectivity index (χ4n) is 3.51. The maximum atomic E-state index is 13.0. The van der Waals surface area contributed by atoms with Gasteiger partial charge in [-0.1, -0.05) is 0 Å². The van der Waals surface area contributed by atoms with Crippen molar-refractivity contribution in [2.45, 2.75) is 38.9 Å². The molecule has 0 aliphatic carbocycles. The molecule has 0 radical (unpaired) electrons. The van der Waals surface area contributed by atoms with Crippen molar-refractivity contribution in [2.75, 3.05) is 25.4 Å². The summed E-state index contributed by atoms with van der Waals surface area (Å²) in [5, 5.41) is 9.35. The number of aromatic amines is 1. The standard InChI is InChI=1S/C18H26N6O3/c1-3-23(4-2)18(26)15-8-12(10-24(15)11-13-6-5-7-27-13)20-17(25)14-9-16(19)22-21-14/h5-7,9,12,15H,3-4,8,10-11H2,1-2H3,(H,20,25)(H3,19,21,22)/t12-,15+/m1/s1. The van der Waals surface area contributed by atoms with Crippen LogP contribution >= 0.6 is 0 Å². The lowest BCUT2D eigenvalue weighted by Gasteiger charge is -2.28. The molecule has 3 heterocycles. The molecule has 9 heteroatoms. The van der Waals surface area contributed by atoms with Gasteiger partial charge in [-0.25, -0.2) is 0 Å². The molecule has 0 bridgehead atoms. The van der Waals surface area contributed by atoms with Crippen LogP contribution in [0.4, 0.5) is 5.82 Å². The van der Waals surface area contributed by atoms with Crippen molar-refractivity contribution in [3.05, 3.63) is 35.9 Å². The number of carbonyl (C=O) groups excluding carboxylic acids is 2. The van der Waals surface area contributed by atoms with E-state index in [1.54, 1.807) is 6.26 Å². The molecular formula is C18H26N6O3. The summed E-state index contributed by atoms with van der Waals surface area (Å²) in [7, 11) is 0. The van der Waals surface area contributed by atoms with Gasteiger partial charge >= 0.3 is 0 Å². The number of nitrogens with two attached hydrogens (primary N) is 1. The topological polar surface area (TPSA) is 120 Å². The summed E-state index contributed by atoms with van der Waals surface area (Å²) >= 11 is 0. The number of H-pyrrole nitrogens is 1. The molecule has 146 valence electrons. The van der Waals surface area contributed by atoms with E-state index in [9.17, 15) is 9.59 Å². The summed E-state index contributed by atoms with van der Waals surface area (Å²) in [5.41, 5.74) is 5.87. The molecule has 2 aromatic rings. The van der Waals surface area contributed by atoms with Gasteiger partial charge in [-0.2, -0.15) is 5.10 Å². The van der Waals surface area contributed by atoms with Crippen LogP contribution in [0.15, 0.2) is 28.9 Å². The van der Waals surface area contributed by atoms with Crippen LogP contribution in [0, 0.1) is 0 Å². The summed E-state index contributed by atoms with van der Waals surface area (Å²) in [4.78, 5) is 29.2. The smallest absolute Gasteiger partial charge is 0.269 e. The molecule has 1 saturated heterocycles. The maximum Gasteiger partial charge on any atom is 0.269 e. The number of nitrogen functional groups attached to an aromatic ring is 1. The molecule has 1 fully saturated rings. The molecule has 2 amide bonds. The Hall–Kier alpha value is -2.81. The van der Waals surface area contributed by atoms with E-state index in [1.165, 1.54) is 6.07 Å². The Morgan fingerprint density at radius 1 is 1.44 bits per heavy atom. The Morgan fingerprint density at radius 2 is 2.22 bits per heavy atom. The minimum absolute atomic E-state index is 0.0779. The fourth-order valence-corrected chi connectivity index (χ4v) is 3.51. The molecule has 4 N–H and O–H groups in total. The van der Waals surface area contributed by atoms with Gasteiger partial charge in [0.2, 0.25) is 5.91 Å². The minimum atomic E-state index is -0.299. The number of likely N-dealkylation sites (N-methyl/N-ethyl adjacent to an activating group) is 1. The molecule has 0 spiro atoms. The quantitative estimate of drug-likeness (QED) is 0.660. The molecule has 1 aliphatic heterocycles. The number of anilines is 1. The first-order chi connectivity index (χ1) is 13.0. The van der Waals surface area contributed by atoms with E-state index < -0.39 is 0 Å². The second kappa shape index (κ2) is 8.26. The number of rotatable bonds is 7. The zero-order chi connectivity index (χ0) is 19.4. The van der Waals surface area contributed by atoms with Crippen molar-refractivity contribution in [1.82, 2.24) is 25.3 Å². The summed E-state index contributed by atoms with van der Waals surface area (Å²) in [6, 6.07) is 4.75. The summed E-state index contributed by atoms with van der Waals surface area (Å²) in [6.45, 7) is 6.34. The monoisotopic (exact) mass is 374 g/mol. The summed E-state index contributed by atoms with van der Waals surface area (Å²) in [5.74, 6) is 0.855. The Kier molecular flexibility index (Phi) is 5.80. The van der Waals surface area contributed by atoms with E-state index in [0.29, 0.717) is 38.3 Å². The van der Waals surface area contributed by atoms with Gasteiger partial charge in [0.25, 0.3) is 5.91 Å². The van der Waals surface area contributed by atoms with Gasteiger partial charge in [0, 0.05) is 31.7 Å². The second-order valence-electron chi connectivity index (χ2n) is 6.65. The van der Waals surface area contributed by atoms with E-state index in [2.05, 4.69) is 20.4 Å². The predicted octanol–water partition coefficient (Wildman–Crippen LogP) is 0.826. The Balaban J connectivity index is 1.71. The summed E-state index contributed by atoms with van der Waals surface area (Å²) < 4.78 is 5.44. The van der Waals surface area contributed by atoms with E-state index >= 15 is 0 Å². The number of nitrogens with one attached hydrogen (secondary N) is 2. The molecule has 27 heavy (non-hydrogen) atoms. The van der Waals surface area contributed by atoms with Crippen molar-refractivity contribution in [1.29, 1.82) is 0 Å². The van der Waals surface area contributed by atoms with Gasteiger partial charge in [-0.05, 0) is 32.4 Å². The Bertz CT molecular complexity index is 768. The van der Waals surface area contributed by atoms with Gasteiger partial charge < -0.3 is 20.4 Å². The van der Waals surface area contributed by atoms with Gasteiger partial charge in [-0.3, -0.25) is 19.6 Å².